The minimum Gasteiger partial charge on any atom is -0.462 e. The maximum atomic E-state index is 12.9. The van der Waals surface area contributed by atoms with Gasteiger partial charge in [-0.3, -0.25) is 14.4 Å². The Morgan fingerprint density at radius 2 is 0.493 bits per heavy atom. The highest BCUT2D eigenvalue weighted by Gasteiger charge is 2.19. The third kappa shape index (κ3) is 60.1. The number of carbonyl (C=O) groups excluding carboxylic acids is 3. The van der Waals surface area contributed by atoms with E-state index >= 15 is 0 Å². The first kappa shape index (κ1) is 70.4. The van der Waals surface area contributed by atoms with Crippen molar-refractivity contribution >= 4 is 17.9 Å². The fourth-order valence-corrected chi connectivity index (χ4v) is 9.45. The predicted molar refractivity (Wildman–Crippen MR) is 316 cm³/mol. The molecule has 6 nitrogen and oxygen atoms in total. The molecule has 1 atom stereocenters. The van der Waals surface area contributed by atoms with Crippen molar-refractivity contribution in [2.75, 3.05) is 13.2 Å². The Morgan fingerprint density at radius 1 is 0.274 bits per heavy atom. The minimum atomic E-state index is -0.779. The smallest absolute Gasteiger partial charge is 0.306 e. The molecule has 0 fully saturated rings. The van der Waals surface area contributed by atoms with E-state index in [2.05, 4.69) is 69.4 Å². The summed E-state index contributed by atoms with van der Waals surface area (Å²) in [6.45, 7) is 6.63. The highest BCUT2D eigenvalue weighted by Crippen LogP contribution is 2.17. The van der Waals surface area contributed by atoms with Crippen LogP contribution in [0.25, 0.3) is 0 Å². The maximum absolute atomic E-state index is 12.9. The van der Waals surface area contributed by atoms with Gasteiger partial charge in [0.25, 0.3) is 0 Å². The number of hydrogen-bond acceptors (Lipinski definition) is 6. The fourth-order valence-electron chi connectivity index (χ4n) is 9.45. The van der Waals surface area contributed by atoms with Crippen molar-refractivity contribution in [1.29, 1.82) is 0 Å². The van der Waals surface area contributed by atoms with Crippen LogP contribution in [0.1, 0.15) is 342 Å². The van der Waals surface area contributed by atoms with E-state index in [-0.39, 0.29) is 31.1 Å². The first-order valence-electron chi connectivity index (χ1n) is 32.1. The van der Waals surface area contributed by atoms with Gasteiger partial charge in [-0.25, -0.2) is 0 Å². The van der Waals surface area contributed by atoms with E-state index in [9.17, 15) is 14.4 Å². The molecule has 0 bridgehead atoms. The summed E-state index contributed by atoms with van der Waals surface area (Å²) in [6.07, 6.45) is 76.8. The number of hydrogen-bond donors (Lipinski definition) is 0. The molecule has 0 amide bonds. The number of carbonyl (C=O) groups is 3. The normalized spacial score (nSPS) is 12.3. The van der Waals surface area contributed by atoms with Crippen LogP contribution in [0.15, 0.2) is 48.6 Å². The van der Waals surface area contributed by atoms with Crippen LogP contribution < -0.4 is 0 Å². The van der Waals surface area contributed by atoms with E-state index < -0.39 is 6.10 Å². The van der Waals surface area contributed by atoms with Gasteiger partial charge in [-0.1, -0.05) is 288 Å². The number of allylic oxidation sites excluding steroid dienone is 8. The zero-order valence-corrected chi connectivity index (χ0v) is 48.9. The van der Waals surface area contributed by atoms with Gasteiger partial charge in [-0.2, -0.15) is 0 Å². The molecule has 73 heavy (non-hydrogen) atoms. The summed E-state index contributed by atoms with van der Waals surface area (Å²) in [5.74, 6) is -0.873. The van der Waals surface area contributed by atoms with Crippen molar-refractivity contribution in [3.8, 4) is 0 Å². The largest absolute Gasteiger partial charge is 0.462 e. The molecule has 0 aromatic carbocycles. The van der Waals surface area contributed by atoms with Gasteiger partial charge in [0.15, 0.2) is 6.10 Å². The first-order valence-corrected chi connectivity index (χ1v) is 32.1. The summed E-state index contributed by atoms with van der Waals surface area (Å²) < 4.78 is 16.9. The van der Waals surface area contributed by atoms with E-state index in [4.69, 9.17) is 14.2 Å². The summed E-state index contributed by atoms with van der Waals surface area (Å²) in [6, 6.07) is 0. The fraction of sp³-hybridized carbons (Fsp3) is 0.836. The molecule has 0 aliphatic heterocycles. The SMILES string of the molecule is CCCCC/C=C\C/C=C\CCCCCCCCCCCC(=O)OC[C@H](COC(=O)CCCCCCC/C=C\C/C=C\CCCCC)OC(=O)CCCCCCCCCCCCCCCCCCCCCCC. The zero-order chi connectivity index (χ0) is 52.9. The van der Waals surface area contributed by atoms with E-state index in [1.54, 1.807) is 0 Å². The molecule has 426 valence electrons. The zero-order valence-electron chi connectivity index (χ0n) is 48.9. The predicted octanol–water partition coefficient (Wildman–Crippen LogP) is 21.8. The molecule has 0 aliphatic carbocycles. The van der Waals surface area contributed by atoms with Gasteiger partial charge >= 0.3 is 17.9 Å². The summed E-state index contributed by atoms with van der Waals surface area (Å²) in [5, 5.41) is 0. The molecule has 0 heterocycles. The van der Waals surface area contributed by atoms with Gasteiger partial charge in [0.05, 0.1) is 0 Å². The van der Waals surface area contributed by atoms with Gasteiger partial charge in [0, 0.05) is 19.3 Å². The molecule has 0 rings (SSSR count). The van der Waals surface area contributed by atoms with Crippen LogP contribution in [-0.2, 0) is 28.6 Å². The lowest BCUT2D eigenvalue weighted by Gasteiger charge is -2.18. The molecule has 0 saturated carbocycles. The van der Waals surface area contributed by atoms with E-state index in [0.29, 0.717) is 19.3 Å². The van der Waals surface area contributed by atoms with Crippen molar-refractivity contribution in [2.24, 2.45) is 0 Å². The second-order valence-electron chi connectivity index (χ2n) is 21.7. The third-order valence-corrected chi connectivity index (χ3v) is 14.3. The van der Waals surface area contributed by atoms with Crippen LogP contribution in [0.3, 0.4) is 0 Å². The molecular weight excluding hydrogens is 901 g/mol. The highest BCUT2D eigenvalue weighted by molar-refractivity contribution is 5.71. The molecule has 0 aromatic heterocycles. The van der Waals surface area contributed by atoms with Crippen LogP contribution in [0.5, 0.6) is 0 Å². The third-order valence-electron chi connectivity index (χ3n) is 14.3. The molecule has 0 saturated heterocycles. The Kier molecular flexibility index (Phi) is 59.7. The number of rotatable bonds is 59. The van der Waals surface area contributed by atoms with Gasteiger partial charge in [-0.05, 0) is 83.5 Å². The molecule has 0 aromatic rings. The average Bonchev–Trinajstić information content (AvgIpc) is 3.39. The van der Waals surface area contributed by atoms with E-state index in [1.165, 1.54) is 218 Å². The quantitative estimate of drug-likeness (QED) is 0.0261. The van der Waals surface area contributed by atoms with Crippen LogP contribution in [0.4, 0.5) is 0 Å². The van der Waals surface area contributed by atoms with E-state index in [1.807, 2.05) is 0 Å². The lowest BCUT2D eigenvalue weighted by atomic mass is 10.0. The van der Waals surface area contributed by atoms with Crippen molar-refractivity contribution < 1.29 is 28.6 Å². The van der Waals surface area contributed by atoms with Gasteiger partial charge in [-0.15, -0.1) is 0 Å². The number of ether oxygens (including phenoxy) is 3. The molecule has 0 aliphatic rings. The summed E-state index contributed by atoms with van der Waals surface area (Å²) in [5.41, 5.74) is 0. The van der Waals surface area contributed by atoms with Crippen molar-refractivity contribution in [1.82, 2.24) is 0 Å². The molecular formula is C67H122O6. The van der Waals surface area contributed by atoms with Crippen LogP contribution in [0.2, 0.25) is 0 Å². The average molecular weight is 1020 g/mol. The van der Waals surface area contributed by atoms with Gasteiger partial charge in [0.2, 0.25) is 0 Å². The van der Waals surface area contributed by atoms with Crippen LogP contribution >= 0.6 is 0 Å². The Hall–Kier alpha value is -2.63. The maximum Gasteiger partial charge on any atom is 0.306 e. The Morgan fingerprint density at radius 3 is 0.781 bits per heavy atom. The topological polar surface area (TPSA) is 78.9 Å². The number of unbranched alkanes of at least 4 members (excludes halogenated alkanes) is 40. The second kappa shape index (κ2) is 61.9. The van der Waals surface area contributed by atoms with Crippen molar-refractivity contribution in [2.45, 2.75) is 348 Å². The minimum absolute atomic E-state index is 0.0766. The Labute approximate surface area is 454 Å². The molecule has 6 heteroatoms. The molecule has 0 unspecified atom stereocenters. The molecule has 0 radical (unpaired) electrons. The van der Waals surface area contributed by atoms with Gasteiger partial charge < -0.3 is 14.2 Å². The molecule has 0 spiro atoms. The first-order chi connectivity index (χ1) is 36.0. The number of esters is 3. The summed E-state index contributed by atoms with van der Waals surface area (Å²) in [4.78, 5) is 38.3. The Balaban J connectivity index is 4.34. The van der Waals surface area contributed by atoms with Crippen molar-refractivity contribution in [3.05, 3.63) is 48.6 Å². The standard InChI is InChI=1S/C67H122O6/c1-4-7-10-13-16-19-22-25-28-30-32-33-35-37-40-43-46-49-52-55-58-61-67(70)73-64(62-71-65(68)59-56-53-50-47-44-41-38-27-24-21-18-15-12-9-6-3)63-72-66(69)60-57-54-51-48-45-42-39-36-34-31-29-26-23-20-17-14-11-8-5-2/h17-18,20-21,26-27,29,38,64H,4-16,19,22-25,28,30-37,39-63H2,1-3H3/b20-17-,21-18-,29-26-,38-27-/t64-/m0/s1. The van der Waals surface area contributed by atoms with E-state index in [0.717, 1.165) is 83.5 Å². The molecule has 0 N–H and O–H groups in total. The summed E-state index contributed by atoms with van der Waals surface area (Å²) >= 11 is 0. The monoisotopic (exact) mass is 1020 g/mol. The van der Waals surface area contributed by atoms with Crippen molar-refractivity contribution in [3.63, 3.8) is 0 Å². The lowest BCUT2D eigenvalue weighted by Crippen LogP contribution is -2.30. The lowest BCUT2D eigenvalue weighted by molar-refractivity contribution is -0.167. The van der Waals surface area contributed by atoms with Crippen LogP contribution in [0, 0.1) is 0 Å². The summed E-state index contributed by atoms with van der Waals surface area (Å²) in [7, 11) is 0. The van der Waals surface area contributed by atoms with Gasteiger partial charge in [0.1, 0.15) is 13.2 Å². The Bertz CT molecular complexity index is 1270. The second-order valence-corrected chi connectivity index (χ2v) is 21.7. The highest BCUT2D eigenvalue weighted by atomic mass is 16.6. The van der Waals surface area contributed by atoms with Crippen LogP contribution in [-0.4, -0.2) is 37.2 Å².